The maximum atomic E-state index is 6.32. The van der Waals surface area contributed by atoms with Gasteiger partial charge < -0.3 is 5.73 Å². The van der Waals surface area contributed by atoms with E-state index < -0.39 is 0 Å². The Labute approximate surface area is 141 Å². The molecule has 5 rings (SSSR count). The van der Waals surface area contributed by atoms with Crippen LogP contribution in [0.3, 0.4) is 0 Å². The van der Waals surface area contributed by atoms with Gasteiger partial charge in [-0.15, -0.1) is 0 Å². The van der Waals surface area contributed by atoms with Crippen LogP contribution in [-0.4, -0.2) is 18.3 Å². The maximum absolute atomic E-state index is 6.32. The molecule has 9 atom stereocenters. The second kappa shape index (κ2) is 4.84. The van der Waals surface area contributed by atoms with Crippen LogP contribution in [0.15, 0.2) is 4.99 Å². The summed E-state index contributed by atoms with van der Waals surface area (Å²) in [7, 11) is 0. The second-order valence-electron chi connectivity index (χ2n) is 10.0. The fourth-order valence-corrected chi connectivity index (χ4v) is 8.37. The number of nitrogens with two attached hydrogens (primary N) is 1. The monoisotopic (exact) mass is 314 g/mol. The van der Waals surface area contributed by atoms with Gasteiger partial charge in [0.2, 0.25) is 0 Å². The third kappa shape index (κ3) is 1.82. The summed E-state index contributed by atoms with van der Waals surface area (Å²) in [5.74, 6) is 4.70. The van der Waals surface area contributed by atoms with Crippen molar-refractivity contribution in [3.05, 3.63) is 0 Å². The van der Waals surface area contributed by atoms with E-state index in [4.69, 9.17) is 10.7 Å². The van der Waals surface area contributed by atoms with Crippen LogP contribution in [0.1, 0.15) is 71.6 Å². The summed E-state index contributed by atoms with van der Waals surface area (Å²) in [5.41, 5.74) is 7.43. The van der Waals surface area contributed by atoms with Crippen LogP contribution in [0.4, 0.5) is 0 Å². The summed E-state index contributed by atoms with van der Waals surface area (Å²) in [6.45, 7) is 5.02. The number of hydrogen-bond donors (Lipinski definition) is 1. The van der Waals surface area contributed by atoms with Gasteiger partial charge in [-0.3, -0.25) is 4.99 Å². The molecule has 4 aliphatic carbocycles. The predicted molar refractivity (Wildman–Crippen MR) is 95.5 cm³/mol. The van der Waals surface area contributed by atoms with Crippen LogP contribution in [-0.2, 0) is 0 Å². The molecule has 2 nitrogen and oxygen atoms in total. The van der Waals surface area contributed by atoms with E-state index >= 15 is 0 Å². The fourth-order valence-electron chi connectivity index (χ4n) is 8.37. The average Bonchev–Trinajstić information content (AvgIpc) is 3.06. The van der Waals surface area contributed by atoms with Gasteiger partial charge in [-0.25, -0.2) is 0 Å². The second-order valence-corrected chi connectivity index (χ2v) is 10.0. The Bertz CT molecular complexity index is 528. The molecule has 1 aliphatic heterocycles. The summed E-state index contributed by atoms with van der Waals surface area (Å²) >= 11 is 0. The Hall–Kier alpha value is -0.370. The molecule has 23 heavy (non-hydrogen) atoms. The van der Waals surface area contributed by atoms with Gasteiger partial charge in [-0.1, -0.05) is 6.92 Å². The number of aliphatic imine (C=N–C) groups is 1. The molecule has 1 spiro atoms. The summed E-state index contributed by atoms with van der Waals surface area (Å²) in [6.07, 6.45) is 15.2. The number of hydrogen-bond acceptors (Lipinski definition) is 2. The highest BCUT2D eigenvalue weighted by Gasteiger charge is 2.63. The van der Waals surface area contributed by atoms with E-state index in [-0.39, 0.29) is 0 Å². The SMILES string of the molecule is C[C@@H]1N=C[C@]23CC[C@H]4[C@@H](CC[C@H]5CC(N)CC[C@@]54C)[C@@H]2CC[C@H]13. The van der Waals surface area contributed by atoms with Crippen LogP contribution in [0.2, 0.25) is 0 Å². The van der Waals surface area contributed by atoms with Crippen molar-refractivity contribution in [3.8, 4) is 0 Å². The zero-order valence-corrected chi connectivity index (χ0v) is 15.0. The molecule has 0 aromatic heterocycles. The number of fused-ring (bicyclic) bond motifs is 4. The Kier molecular flexibility index (Phi) is 3.14. The quantitative estimate of drug-likeness (QED) is 0.706. The summed E-state index contributed by atoms with van der Waals surface area (Å²) in [4.78, 5) is 4.90. The molecular weight excluding hydrogens is 280 g/mol. The van der Waals surface area contributed by atoms with Crippen LogP contribution < -0.4 is 5.73 Å². The van der Waals surface area contributed by atoms with Crippen molar-refractivity contribution in [1.82, 2.24) is 0 Å². The molecule has 0 saturated heterocycles. The Balaban J connectivity index is 1.46. The first kappa shape index (κ1) is 14.9. The van der Waals surface area contributed by atoms with Gasteiger partial charge in [0.15, 0.2) is 0 Å². The van der Waals surface area contributed by atoms with Crippen molar-refractivity contribution in [1.29, 1.82) is 0 Å². The normalized spacial score (nSPS) is 60.7. The van der Waals surface area contributed by atoms with Gasteiger partial charge in [0.1, 0.15) is 0 Å². The van der Waals surface area contributed by atoms with Crippen molar-refractivity contribution in [3.63, 3.8) is 0 Å². The standard InChI is InChI=1S/C21H34N2/c1-13-17-5-6-19-16-4-3-14-11-15(22)7-9-20(14,2)18(16)8-10-21(17,19)12-23-13/h12-19H,3-11,22H2,1-2H3/t13-,14-,15?,16+,17+,18-,19-,20-,21-/m0/s1. The number of rotatable bonds is 0. The molecular formula is C21H34N2. The lowest BCUT2D eigenvalue weighted by molar-refractivity contribution is -0.0990. The fraction of sp³-hybridized carbons (Fsp3) is 0.952. The molecule has 2 heteroatoms. The molecule has 0 aromatic rings. The molecule has 1 heterocycles. The lowest BCUT2D eigenvalue weighted by atomic mass is 9.44. The average molecular weight is 315 g/mol. The van der Waals surface area contributed by atoms with E-state index in [2.05, 4.69) is 20.1 Å². The topological polar surface area (TPSA) is 38.4 Å². The molecule has 1 unspecified atom stereocenters. The highest BCUT2D eigenvalue weighted by molar-refractivity contribution is 5.71. The minimum atomic E-state index is 0.484. The van der Waals surface area contributed by atoms with Crippen LogP contribution in [0.25, 0.3) is 0 Å². The highest BCUT2D eigenvalue weighted by atomic mass is 14.9. The third-order valence-electron chi connectivity index (χ3n) is 9.49. The van der Waals surface area contributed by atoms with E-state index in [0.29, 0.717) is 22.9 Å². The molecule has 4 fully saturated rings. The lowest BCUT2D eigenvalue weighted by Gasteiger charge is -2.60. The third-order valence-corrected chi connectivity index (χ3v) is 9.49. The Morgan fingerprint density at radius 1 is 0.957 bits per heavy atom. The van der Waals surface area contributed by atoms with E-state index in [1.54, 1.807) is 0 Å². The molecule has 4 saturated carbocycles. The van der Waals surface area contributed by atoms with E-state index in [9.17, 15) is 0 Å². The van der Waals surface area contributed by atoms with E-state index in [0.717, 1.165) is 29.6 Å². The van der Waals surface area contributed by atoms with Gasteiger partial charge in [-0.05, 0) is 99.7 Å². The molecule has 5 aliphatic rings. The van der Waals surface area contributed by atoms with E-state index in [1.165, 1.54) is 57.8 Å². The first-order valence-electron chi connectivity index (χ1n) is 10.3. The largest absolute Gasteiger partial charge is 0.328 e. The smallest absolute Gasteiger partial charge is 0.0504 e. The van der Waals surface area contributed by atoms with Gasteiger partial charge in [0, 0.05) is 17.7 Å². The van der Waals surface area contributed by atoms with Crippen LogP contribution in [0.5, 0.6) is 0 Å². The van der Waals surface area contributed by atoms with Crippen molar-refractivity contribution in [2.24, 2.45) is 51.1 Å². The maximum Gasteiger partial charge on any atom is 0.0504 e. The minimum absolute atomic E-state index is 0.484. The number of nitrogens with zero attached hydrogens (tertiary/aromatic N) is 1. The molecule has 0 radical (unpaired) electrons. The minimum Gasteiger partial charge on any atom is -0.328 e. The molecule has 0 amide bonds. The van der Waals surface area contributed by atoms with Gasteiger partial charge in [0.05, 0.1) is 6.04 Å². The van der Waals surface area contributed by atoms with Gasteiger partial charge >= 0.3 is 0 Å². The molecule has 0 aromatic carbocycles. The molecule has 0 bridgehead atoms. The summed E-state index contributed by atoms with van der Waals surface area (Å²) < 4.78 is 0. The molecule has 2 N–H and O–H groups in total. The zero-order valence-electron chi connectivity index (χ0n) is 15.0. The van der Waals surface area contributed by atoms with E-state index in [1.807, 2.05) is 0 Å². The highest BCUT2D eigenvalue weighted by Crippen LogP contribution is 2.68. The Morgan fingerprint density at radius 2 is 1.78 bits per heavy atom. The van der Waals surface area contributed by atoms with Crippen molar-refractivity contribution in [2.45, 2.75) is 83.7 Å². The summed E-state index contributed by atoms with van der Waals surface area (Å²) in [5, 5.41) is 0. The van der Waals surface area contributed by atoms with Gasteiger partial charge in [0.25, 0.3) is 0 Å². The molecule has 128 valence electrons. The first-order valence-corrected chi connectivity index (χ1v) is 10.3. The lowest BCUT2D eigenvalue weighted by Crippen LogP contribution is -2.55. The Morgan fingerprint density at radius 3 is 2.65 bits per heavy atom. The summed E-state index contributed by atoms with van der Waals surface area (Å²) in [6, 6.07) is 1.08. The first-order chi connectivity index (χ1) is 11.0. The van der Waals surface area contributed by atoms with Crippen molar-refractivity contribution < 1.29 is 0 Å². The van der Waals surface area contributed by atoms with Crippen molar-refractivity contribution >= 4 is 6.21 Å². The zero-order chi connectivity index (χ0) is 15.8. The van der Waals surface area contributed by atoms with Crippen LogP contribution in [0, 0.1) is 40.4 Å². The predicted octanol–water partition coefficient (Wildman–Crippen LogP) is 4.43. The van der Waals surface area contributed by atoms with Crippen LogP contribution >= 0.6 is 0 Å². The van der Waals surface area contributed by atoms with Gasteiger partial charge in [-0.2, -0.15) is 0 Å². The van der Waals surface area contributed by atoms with Crippen molar-refractivity contribution in [2.75, 3.05) is 0 Å².